The van der Waals surface area contributed by atoms with Crippen molar-refractivity contribution < 1.29 is 0 Å². The maximum atomic E-state index is 2.55. The zero-order valence-electron chi connectivity index (χ0n) is 33.0. The first-order chi connectivity index (χ1) is 26.5. The number of benzene rings is 7. The lowest BCUT2D eigenvalue weighted by molar-refractivity contribution is 0.590. The SMILES string of the molecule is Cc1ccccc1N(c1ccc(C(C)(C)C)cc1)c1ccc2c(c1)N(c1ccccc1)c1cc([Si](C)(C)C)cc3c1B2c1ccccc1N3c1ccccc1. The predicted octanol–water partition coefficient (Wildman–Crippen LogP) is 11.4. The van der Waals surface area contributed by atoms with E-state index in [1.165, 1.54) is 66.8 Å². The summed E-state index contributed by atoms with van der Waals surface area (Å²) < 4.78 is 0. The number of aryl methyl sites for hydroxylation is 1. The zero-order valence-corrected chi connectivity index (χ0v) is 34.0. The maximum Gasteiger partial charge on any atom is 0.252 e. The van der Waals surface area contributed by atoms with Crippen LogP contribution >= 0.6 is 0 Å². The summed E-state index contributed by atoms with van der Waals surface area (Å²) in [6, 6.07) is 61.1. The largest absolute Gasteiger partial charge is 0.311 e. The molecular weight excluding hydrogens is 681 g/mol. The van der Waals surface area contributed by atoms with Gasteiger partial charge in [0.25, 0.3) is 6.71 Å². The quantitative estimate of drug-likeness (QED) is 0.158. The molecule has 9 rings (SSSR count). The van der Waals surface area contributed by atoms with Crippen molar-refractivity contribution in [2.75, 3.05) is 14.7 Å². The van der Waals surface area contributed by atoms with Crippen molar-refractivity contribution in [2.24, 2.45) is 0 Å². The third-order valence-corrected chi connectivity index (χ3v) is 13.5. The van der Waals surface area contributed by atoms with Crippen LogP contribution in [-0.4, -0.2) is 14.8 Å². The van der Waals surface area contributed by atoms with Crippen LogP contribution in [0.5, 0.6) is 0 Å². The Labute approximate surface area is 328 Å². The molecule has 2 aliphatic heterocycles. The van der Waals surface area contributed by atoms with Gasteiger partial charge in [-0.2, -0.15) is 0 Å². The smallest absolute Gasteiger partial charge is 0.252 e. The van der Waals surface area contributed by atoms with Crippen LogP contribution in [0.15, 0.2) is 164 Å². The number of fused-ring (bicyclic) bond motifs is 4. The van der Waals surface area contributed by atoms with Gasteiger partial charge in [0.1, 0.15) is 0 Å². The van der Waals surface area contributed by atoms with Crippen molar-refractivity contribution in [3.63, 3.8) is 0 Å². The molecule has 7 aromatic carbocycles. The van der Waals surface area contributed by atoms with Gasteiger partial charge >= 0.3 is 0 Å². The van der Waals surface area contributed by atoms with Crippen molar-refractivity contribution in [1.29, 1.82) is 0 Å². The molecule has 0 spiro atoms. The van der Waals surface area contributed by atoms with E-state index in [0.29, 0.717) is 0 Å². The van der Waals surface area contributed by atoms with E-state index in [1.807, 2.05) is 0 Å². The predicted molar refractivity (Wildman–Crippen MR) is 242 cm³/mol. The molecule has 2 heterocycles. The van der Waals surface area contributed by atoms with Crippen molar-refractivity contribution in [1.82, 2.24) is 0 Å². The fourth-order valence-electron chi connectivity index (χ4n) is 8.57. The number of para-hydroxylation sites is 4. The highest BCUT2D eigenvalue weighted by Gasteiger charge is 2.44. The van der Waals surface area contributed by atoms with E-state index in [1.54, 1.807) is 0 Å². The molecule has 3 nitrogen and oxygen atoms in total. The lowest BCUT2D eigenvalue weighted by Gasteiger charge is -2.45. The molecule has 0 aliphatic carbocycles. The molecule has 0 saturated carbocycles. The summed E-state index contributed by atoms with van der Waals surface area (Å²) >= 11 is 0. The summed E-state index contributed by atoms with van der Waals surface area (Å²) in [5.41, 5.74) is 17.5. The van der Waals surface area contributed by atoms with E-state index >= 15 is 0 Å². The molecule has 0 saturated heterocycles. The van der Waals surface area contributed by atoms with E-state index in [2.05, 4.69) is 226 Å². The third kappa shape index (κ3) is 5.98. The van der Waals surface area contributed by atoms with Crippen LogP contribution in [0, 0.1) is 6.92 Å². The number of anilines is 9. The number of hydrogen-bond donors (Lipinski definition) is 0. The second-order valence-electron chi connectivity index (χ2n) is 17.2. The summed E-state index contributed by atoms with van der Waals surface area (Å²) in [5, 5.41) is 1.45. The molecule has 0 aromatic heterocycles. The van der Waals surface area contributed by atoms with E-state index in [4.69, 9.17) is 0 Å². The molecule has 0 fully saturated rings. The minimum Gasteiger partial charge on any atom is -0.311 e. The molecule has 0 bridgehead atoms. The highest BCUT2D eigenvalue weighted by molar-refractivity contribution is 7.00. The Kier molecular flexibility index (Phi) is 8.40. The average Bonchev–Trinajstić information content (AvgIpc) is 3.18. The molecule has 7 aromatic rings. The van der Waals surface area contributed by atoms with E-state index in [9.17, 15) is 0 Å². The number of nitrogens with zero attached hydrogens (tertiary/aromatic N) is 3. The van der Waals surface area contributed by atoms with Gasteiger partial charge in [-0.25, -0.2) is 0 Å². The lowest BCUT2D eigenvalue weighted by atomic mass is 9.33. The molecule has 55 heavy (non-hydrogen) atoms. The van der Waals surface area contributed by atoms with Gasteiger partial charge in [-0.1, -0.05) is 137 Å². The molecule has 0 atom stereocenters. The Morgan fingerprint density at radius 1 is 0.509 bits per heavy atom. The summed E-state index contributed by atoms with van der Waals surface area (Å²) in [6.45, 7) is 16.5. The molecule has 0 N–H and O–H groups in total. The van der Waals surface area contributed by atoms with Crippen LogP contribution in [0.4, 0.5) is 51.2 Å². The Morgan fingerprint density at radius 3 is 1.64 bits per heavy atom. The van der Waals surface area contributed by atoms with Crippen LogP contribution in [-0.2, 0) is 5.41 Å². The third-order valence-electron chi connectivity index (χ3n) is 11.5. The average molecular weight is 730 g/mol. The van der Waals surface area contributed by atoms with Gasteiger partial charge in [-0.05, 0) is 113 Å². The van der Waals surface area contributed by atoms with Crippen molar-refractivity contribution in [3.8, 4) is 0 Å². The van der Waals surface area contributed by atoms with Gasteiger partial charge in [0.05, 0.1) is 8.07 Å². The second kappa shape index (κ2) is 13.2. The fourth-order valence-corrected chi connectivity index (χ4v) is 9.71. The molecule has 270 valence electrons. The maximum absolute atomic E-state index is 2.55. The normalized spacial score (nSPS) is 13.3. The van der Waals surface area contributed by atoms with E-state index < -0.39 is 8.07 Å². The highest BCUT2D eigenvalue weighted by Crippen LogP contribution is 2.46. The van der Waals surface area contributed by atoms with Crippen molar-refractivity contribution in [2.45, 2.75) is 52.8 Å². The van der Waals surface area contributed by atoms with Gasteiger partial charge in [0, 0.05) is 51.2 Å². The van der Waals surface area contributed by atoms with E-state index in [0.717, 1.165) is 17.1 Å². The molecular formula is C50H48BN3Si. The summed E-state index contributed by atoms with van der Waals surface area (Å²) in [4.78, 5) is 7.50. The van der Waals surface area contributed by atoms with Gasteiger partial charge in [0.2, 0.25) is 0 Å². The summed E-state index contributed by atoms with van der Waals surface area (Å²) in [7, 11) is -1.79. The monoisotopic (exact) mass is 729 g/mol. The van der Waals surface area contributed by atoms with Gasteiger partial charge in [-0.15, -0.1) is 0 Å². The van der Waals surface area contributed by atoms with Gasteiger partial charge in [-0.3, -0.25) is 0 Å². The zero-order chi connectivity index (χ0) is 38.1. The Bertz CT molecular complexity index is 2540. The highest BCUT2D eigenvalue weighted by atomic mass is 28.3. The molecule has 0 amide bonds. The summed E-state index contributed by atoms with van der Waals surface area (Å²) in [6.07, 6.45) is 0. The summed E-state index contributed by atoms with van der Waals surface area (Å²) in [5.74, 6) is 0. The Hall–Kier alpha value is -5.78. The van der Waals surface area contributed by atoms with Crippen LogP contribution in [0.3, 0.4) is 0 Å². The molecule has 0 unspecified atom stereocenters. The van der Waals surface area contributed by atoms with Crippen LogP contribution in [0.2, 0.25) is 19.6 Å². The second-order valence-corrected chi connectivity index (χ2v) is 22.3. The standard InChI is InChI=1S/C50H48BN3Si/c1-35-18-14-16-24-44(35)52(39-28-26-36(27-29-39)50(2,3)4)40-30-31-43-46(32-40)54(38-21-12-9-13-22-38)48-34-41(55(5,6)7)33-47-49(48)51(43)42-23-15-17-25-45(42)53(47)37-19-10-8-11-20-37/h8-34H,1-7H3. The van der Waals surface area contributed by atoms with Crippen molar-refractivity contribution >= 4 is 87.5 Å². The first-order valence-corrected chi connectivity index (χ1v) is 23.1. The van der Waals surface area contributed by atoms with Crippen LogP contribution in [0.25, 0.3) is 0 Å². The topological polar surface area (TPSA) is 9.72 Å². The number of hydrogen-bond acceptors (Lipinski definition) is 3. The van der Waals surface area contributed by atoms with Crippen molar-refractivity contribution in [3.05, 3.63) is 175 Å². The van der Waals surface area contributed by atoms with E-state index in [-0.39, 0.29) is 12.1 Å². The number of rotatable bonds is 6. The minimum atomic E-state index is -1.79. The molecule has 5 heteroatoms. The Morgan fingerprint density at radius 2 is 1.04 bits per heavy atom. The first-order valence-electron chi connectivity index (χ1n) is 19.6. The van der Waals surface area contributed by atoms with Crippen LogP contribution < -0.4 is 36.3 Å². The van der Waals surface area contributed by atoms with Crippen LogP contribution in [0.1, 0.15) is 31.9 Å². The Balaban J connectivity index is 1.34. The lowest BCUT2D eigenvalue weighted by Crippen LogP contribution is -2.62. The van der Waals surface area contributed by atoms with Gasteiger partial charge < -0.3 is 14.7 Å². The first kappa shape index (κ1) is 35.0. The molecule has 0 radical (unpaired) electrons. The van der Waals surface area contributed by atoms with Gasteiger partial charge in [0.15, 0.2) is 0 Å². The minimum absolute atomic E-state index is 0.0684. The molecule has 2 aliphatic rings. The fraction of sp³-hybridized carbons (Fsp3) is 0.160.